The van der Waals surface area contributed by atoms with Crippen LogP contribution in [0.5, 0.6) is 0 Å². The Hall–Kier alpha value is -2.50. The van der Waals surface area contributed by atoms with Gasteiger partial charge < -0.3 is 0 Å². The largest absolute Gasteiger partial charge is 0.270 e. The summed E-state index contributed by atoms with van der Waals surface area (Å²) < 4.78 is 2.14. The average molecular weight is 390 g/mol. The summed E-state index contributed by atoms with van der Waals surface area (Å²) in [6.45, 7) is 0. The molecule has 0 aliphatic heterocycles. The second kappa shape index (κ2) is 8.46. The molecule has 0 unspecified atom stereocenters. The van der Waals surface area contributed by atoms with Gasteiger partial charge in [0.1, 0.15) is 0 Å². The molecule has 4 rings (SSSR count). The molecule has 0 aliphatic rings. The summed E-state index contributed by atoms with van der Waals surface area (Å²) in [5.41, 5.74) is 3.41. The Morgan fingerprint density at radius 1 is 0.778 bits per heavy atom. The van der Waals surface area contributed by atoms with Crippen molar-refractivity contribution in [3.05, 3.63) is 90.5 Å². The highest BCUT2D eigenvalue weighted by Gasteiger charge is 2.15. The third kappa shape index (κ3) is 4.10. The van der Waals surface area contributed by atoms with Crippen LogP contribution in [0.15, 0.2) is 95.0 Å². The maximum Gasteiger partial charge on any atom is 0.196 e. The van der Waals surface area contributed by atoms with E-state index in [1.165, 1.54) is 10.5 Å². The Kier molecular flexibility index (Phi) is 5.61. The second-order valence-electron chi connectivity index (χ2n) is 5.98. The van der Waals surface area contributed by atoms with Crippen LogP contribution in [-0.2, 0) is 5.75 Å². The molecule has 3 nitrogen and oxygen atoms in total. The lowest BCUT2D eigenvalue weighted by molar-refractivity contribution is 0.886. The number of thioether (sulfide) groups is 2. The fourth-order valence-electron chi connectivity index (χ4n) is 2.82. The molecule has 134 valence electrons. The first-order valence-corrected chi connectivity index (χ1v) is 10.9. The summed E-state index contributed by atoms with van der Waals surface area (Å²) in [5, 5.41) is 9.88. The van der Waals surface area contributed by atoms with Gasteiger partial charge in [0.05, 0.1) is 0 Å². The number of hydrogen-bond donors (Lipinski definition) is 0. The number of nitrogens with zero attached hydrogens (tertiary/aromatic N) is 3. The predicted octanol–water partition coefficient (Wildman–Crippen LogP) is 5.95. The molecular formula is C22H19N3S2. The molecule has 0 amide bonds. The average Bonchev–Trinajstić information content (AvgIpc) is 3.18. The second-order valence-corrected chi connectivity index (χ2v) is 7.80. The molecule has 5 heteroatoms. The molecular weight excluding hydrogens is 370 g/mol. The molecule has 1 aromatic heterocycles. The topological polar surface area (TPSA) is 30.7 Å². The maximum atomic E-state index is 4.49. The quantitative estimate of drug-likeness (QED) is 0.381. The van der Waals surface area contributed by atoms with Gasteiger partial charge in [0, 0.05) is 21.9 Å². The summed E-state index contributed by atoms with van der Waals surface area (Å²) in [7, 11) is 0. The lowest BCUT2D eigenvalue weighted by Crippen LogP contribution is -1.99. The van der Waals surface area contributed by atoms with Crippen molar-refractivity contribution < 1.29 is 0 Å². The number of aromatic nitrogens is 3. The minimum atomic E-state index is 0.856. The van der Waals surface area contributed by atoms with E-state index in [2.05, 4.69) is 69.6 Å². The third-order valence-corrected chi connectivity index (χ3v) is 5.95. The normalized spacial score (nSPS) is 10.9. The SMILES string of the molecule is CSc1ccc(CSc2nnc(-c3ccccc3)n2-c2ccccc2)cc1. The molecule has 0 bridgehead atoms. The van der Waals surface area contributed by atoms with Gasteiger partial charge in [-0.25, -0.2) is 0 Å². The van der Waals surface area contributed by atoms with E-state index in [0.29, 0.717) is 0 Å². The molecule has 0 N–H and O–H groups in total. The van der Waals surface area contributed by atoms with E-state index in [4.69, 9.17) is 0 Å². The molecule has 0 fully saturated rings. The van der Waals surface area contributed by atoms with Crippen molar-refractivity contribution in [2.45, 2.75) is 15.8 Å². The standard InChI is InChI=1S/C22H19N3S2/c1-26-20-14-12-17(13-15-20)16-27-22-24-23-21(18-8-4-2-5-9-18)25(22)19-10-6-3-7-11-19/h2-15H,16H2,1H3. The summed E-state index contributed by atoms with van der Waals surface area (Å²) in [4.78, 5) is 1.28. The van der Waals surface area contributed by atoms with E-state index in [-0.39, 0.29) is 0 Å². The van der Waals surface area contributed by atoms with Crippen LogP contribution in [-0.4, -0.2) is 21.0 Å². The molecule has 0 radical (unpaired) electrons. The highest BCUT2D eigenvalue weighted by Crippen LogP contribution is 2.30. The summed E-state index contributed by atoms with van der Waals surface area (Å²) >= 11 is 3.47. The van der Waals surface area contributed by atoms with Gasteiger partial charge in [-0.3, -0.25) is 4.57 Å². The van der Waals surface area contributed by atoms with Gasteiger partial charge >= 0.3 is 0 Å². The van der Waals surface area contributed by atoms with Crippen LogP contribution in [0.4, 0.5) is 0 Å². The van der Waals surface area contributed by atoms with Gasteiger partial charge in [-0.2, -0.15) is 0 Å². The van der Waals surface area contributed by atoms with E-state index in [1.54, 1.807) is 23.5 Å². The summed E-state index contributed by atoms with van der Waals surface area (Å²) in [6.07, 6.45) is 2.09. The first-order chi connectivity index (χ1) is 13.3. The molecule has 0 atom stereocenters. The molecule has 3 aromatic carbocycles. The fourth-order valence-corrected chi connectivity index (χ4v) is 4.13. The molecule has 1 heterocycles. The Morgan fingerprint density at radius 3 is 2.11 bits per heavy atom. The van der Waals surface area contributed by atoms with Gasteiger partial charge in [-0.15, -0.1) is 22.0 Å². The Bertz CT molecular complexity index is 997. The molecule has 27 heavy (non-hydrogen) atoms. The monoisotopic (exact) mass is 389 g/mol. The zero-order chi connectivity index (χ0) is 18.5. The first-order valence-electron chi connectivity index (χ1n) is 8.67. The molecule has 0 saturated heterocycles. The molecule has 0 aliphatic carbocycles. The summed E-state index contributed by atoms with van der Waals surface area (Å²) in [5.74, 6) is 1.72. The molecule has 4 aromatic rings. The first kappa shape index (κ1) is 17.9. The molecule has 0 spiro atoms. The third-order valence-electron chi connectivity index (χ3n) is 4.21. The van der Waals surface area contributed by atoms with Crippen molar-refractivity contribution in [3.8, 4) is 17.1 Å². The highest BCUT2D eigenvalue weighted by molar-refractivity contribution is 7.98. The van der Waals surface area contributed by atoms with Gasteiger partial charge in [0.15, 0.2) is 11.0 Å². The van der Waals surface area contributed by atoms with Crippen LogP contribution >= 0.6 is 23.5 Å². The Morgan fingerprint density at radius 2 is 1.44 bits per heavy atom. The number of hydrogen-bond acceptors (Lipinski definition) is 4. The van der Waals surface area contributed by atoms with Crippen LogP contribution < -0.4 is 0 Å². The van der Waals surface area contributed by atoms with E-state index >= 15 is 0 Å². The van der Waals surface area contributed by atoms with Crippen LogP contribution in [0.2, 0.25) is 0 Å². The van der Waals surface area contributed by atoms with Crippen LogP contribution in [0.3, 0.4) is 0 Å². The summed E-state index contributed by atoms with van der Waals surface area (Å²) in [6, 6.07) is 29.2. The minimum Gasteiger partial charge on any atom is -0.270 e. The Balaban J connectivity index is 1.67. The maximum absolute atomic E-state index is 4.49. The van der Waals surface area contributed by atoms with Gasteiger partial charge in [-0.1, -0.05) is 72.4 Å². The molecule has 0 saturated carbocycles. The van der Waals surface area contributed by atoms with E-state index in [0.717, 1.165) is 28.0 Å². The zero-order valence-corrected chi connectivity index (χ0v) is 16.6. The van der Waals surface area contributed by atoms with Crippen LogP contribution in [0, 0.1) is 0 Å². The lowest BCUT2D eigenvalue weighted by Gasteiger charge is -2.10. The van der Waals surface area contributed by atoms with Crippen molar-refractivity contribution in [2.75, 3.05) is 6.26 Å². The zero-order valence-electron chi connectivity index (χ0n) is 14.9. The lowest BCUT2D eigenvalue weighted by atomic mass is 10.2. The Labute approximate surface area is 167 Å². The highest BCUT2D eigenvalue weighted by atomic mass is 32.2. The van der Waals surface area contributed by atoms with Crippen molar-refractivity contribution in [2.24, 2.45) is 0 Å². The van der Waals surface area contributed by atoms with Crippen LogP contribution in [0.1, 0.15) is 5.56 Å². The van der Waals surface area contributed by atoms with E-state index < -0.39 is 0 Å². The van der Waals surface area contributed by atoms with Gasteiger partial charge in [-0.05, 0) is 36.1 Å². The van der Waals surface area contributed by atoms with Gasteiger partial charge in [0.25, 0.3) is 0 Å². The number of rotatable bonds is 6. The fraction of sp³-hybridized carbons (Fsp3) is 0.0909. The van der Waals surface area contributed by atoms with Crippen molar-refractivity contribution in [1.29, 1.82) is 0 Å². The van der Waals surface area contributed by atoms with Crippen molar-refractivity contribution >= 4 is 23.5 Å². The van der Waals surface area contributed by atoms with Crippen LogP contribution in [0.25, 0.3) is 17.1 Å². The smallest absolute Gasteiger partial charge is 0.196 e. The number of benzene rings is 3. The van der Waals surface area contributed by atoms with Crippen molar-refractivity contribution in [3.63, 3.8) is 0 Å². The van der Waals surface area contributed by atoms with Gasteiger partial charge in [0.2, 0.25) is 0 Å². The minimum absolute atomic E-state index is 0.856. The van der Waals surface area contributed by atoms with Crippen molar-refractivity contribution in [1.82, 2.24) is 14.8 Å². The van der Waals surface area contributed by atoms with E-state index in [9.17, 15) is 0 Å². The van der Waals surface area contributed by atoms with E-state index in [1.807, 2.05) is 36.4 Å². The predicted molar refractivity (Wildman–Crippen MR) is 115 cm³/mol. The number of para-hydroxylation sites is 1.